The first-order valence-electron chi connectivity index (χ1n) is 0.814. The van der Waals surface area contributed by atoms with Gasteiger partial charge in [0.15, 0.2) is 0 Å². The van der Waals surface area contributed by atoms with Crippen molar-refractivity contribution in [1.82, 2.24) is 0 Å². The Kier molecular flexibility index (Phi) is 12.0. The van der Waals surface area contributed by atoms with E-state index in [1.807, 2.05) is 0 Å². The second-order valence-electron chi connectivity index (χ2n) is 0.357. The molecule has 0 bridgehead atoms. The summed E-state index contributed by atoms with van der Waals surface area (Å²) in [6.07, 6.45) is 0. The van der Waals surface area contributed by atoms with Gasteiger partial charge in [-0.1, -0.05) is 0 Å². The molecule has 0 aliphatic rings. The molecule has 0 heterocycles. The van der Waals surface area contributed by atoms with Gasteiger partial charge in [-0.25, -0.2) is 3.97 Å². The Morgan fingerprint density at radius 3 is 2.00 bits per heavy atom. The Morgan fingerprint density at radius 1 is 1.83 bits per heavy atom. The van der Waals surface area contributed by atoms with Crippen LogP contribution in [0, 0.1) is 0 Å². The van der Waals surface area contributed by atoms with Crippen LogP contribution in [0.5, 0.6) is 0 Å². The van der Waals surface area contributed by atoms with Crippen LogP contribution in [-0.2, 0) is 8.54 Å². The van der Waals surface area contributed by atoms with E-state index >= 15 is 0 Å². The van der Waals surface area contributed by atoms with Gasteiger partial charge in [0, 0.05) is 0 Å². The average molecular weight is 156 g/mol. The molecule has 0 aliphatic heterocycles. The summed E-state index contributed by atoms with van der Waals surface area (Å²) in [4.78, 5) is 7.61. The maximum absolute atomic E-state index is 9.25. The Morgan fingerprint density at radius 2 is 2.00 bits per heavy atom. The SMILES string of the molecule is O=[PH](O)OS.[CaH2]. The van der Waals surface area contributed by atoms with Crippen molar-refractivity contribution in [2.45, 2.75) is 0 Å². The fourth-order valence-electron chi connectivity index (χ4n) is 0. The molecule has 0 saturated carbocycles. The average Bonchev–Trinajstić information content (AvgIpc) is 1.38. The summed E-state index contributed by atoms with van der Waals surface area (Å²) in [5, 5.41) is 0. The molecule has 0 aromatic heterocycles. The van der Waals surface area contributed by atoms with Gasteiger partial charge < -0.3 is 4.89 Å². The van der Waals surface area contributed by atoms with Crippen LogP contribution < -0.4 is 0 Å². The zero-order chi connectivity index (χ0) is 4.28. The van der Waals surface area contributed by atoms with Gasteiger partial charge in [-0.3, -0.25) is 4.57 Å². The molecule has 0 aromatic carbocycles. The Labute approximate surface area is 71.6 Å². The third kappa shape index (κ3) is 9.23. The molecule has 1 N–H and O–H groups in total. The van der Waals surface area contributed by atoms with Crippen LogP contribution in [0.2, 0.25) is 0 Å². The first kappa shape index (κ1) is 10.7. The summed E-state index contributed by atoms with van der Waals surface area (Å²) in [5.41, 5.74) is 0. The summed E-state index contributed by atoms with van der Waals surface area (Å²) < 4.78 is 12.8. The third-order valence-electron chi connectivity index (χ3n) is 0.0781. The molecular weight excluding hydrogens is 151 g/mol. The van der Waals surface area contributed by atoms with Crippen molar-refractivity contribution in [2.24, 2.45) is 0 Å². The molecule has 1 unspecified atom stereocenters. The van der Waals surface area contributed by atoms with E-state index in [4.69, 9.17) is 4.89 Å². The fraction of sp³-hybridized carbons (Fsp3) is 0. The van der Waals surface area contributed by atoms with E-state index in [0.29, 0.717) is 0 Å². The first-order valence-corrected chi connectivity index (χ1v) is 2.44. The predicted octanol–water partition coefficient (Wildman–Crippen LogP) is -0.686. The molecular formula is H5CaO3PS. The number of thiol groups is 1. The second-order valence-corrected chi connectivity index (χ2v) is 1.62. The minimum absolute atomic E-state index is 0. The monoisotopic (exact) mass is 156 g/mol. The zero-order valence-corrected chi connectivity index (χ0v) is 4.11. The number of hydrogen-bond donors (Lipinski definition) is 2. The second kappa shape index (κ2) is 6.76. The summed E-state index contributed by atoms with van der Waals surface area (Å²) in [6.45, 7) is 0. The quantitative estimate of drug-likeness (QED) is 0.229. The van der Waals surface area contributed by atoms with Crippen LogP contribution in [0.1, 0.15) is 0 Å². The van der Waals surface area contributed by atoms with Gasteiger partial charge in [0.2, 0.25) is 0 Å². The summed E-state index contributed by atoms with van der Waals surface area (Å²) in [5.74, 6) is 0. The van der Waals surface area contributed by atoms with Gasteiger partial charge in [0.25, 0.3) is 0 Å². The third-order valence-corrected chi connectivity index (χ3v) is 0.703. The van der Waals surface area contributed by atoms with Crippen molar-refractivity contribution in [3.63, 3.8) is 0 Å². The Hall–Kier alpha value is 1.76. The van der Waals surface area contributed by atoms with Crippen molar-refractivity contribution in [3.8, 4) is 0 Å². The molecule has 0 rings (SSSR count). The predicted molar refractivity (Wildman–Crippen MR) is 29.8 cm³/mol. The zero-order valence-electron chi connectivity index (χ0n) is 2.21. The van der Waals surface area contributed by atoms with E-state index in [1.165, 1.54) is 0 Å². The molecule has 6 heteroatoms. The van der Waals surface area contributed by atoms with E-state index in [0.717, 1.165) is 0 Å². The molecule has 0 spiro atoms. The number of rotatable bonds is 1. The minimum atomic E-state index is -2.76. The van der Waals surface area contributed by atoms with Crippen LogP contribution >= 0.6 is 21.2 Å². The van der Waals surface area contributed by atoms with E-state index in [2.05, 4.69) is 16.9 Å². The number of hydrogen-bond acceptors (Lipinski definition) is 3. The standard InChI is InChI=1S/Ca.H3O3PS.2H/c;1-4(2)3-5;;/h;4-5H,(H,1,2);;. The van der Waals surface area contributed by atoms with Crippen molar-refractivity contribution < 1.29 is 13.4 Å². The van der Waals surface area contributed by atoms with Gasteiger partial charge in [-0.2, -0.15) is 0 Å². The summed E-state index contributed by atoms with van der Waals surface area (Å²) in [7, 11) is -2.76. The van der Waals surface area contributed by atoms with Crippen LogP contribution in [0.3, 0.4) is 0 Å². The van der Waals surface area contributed by atoms with Crippen LogP contribution in [0.15, 0.2) is 0 Å². The van der Waals surface area contributed by atoms with Gasteiger partial charge in [-0.05, 0) is 12.9 Å². The molecule has 0 amide bonds. The van der Waals surface area contributed by atoms with Gasteiger partial charge in [-0.15, -0.1) is 0 Å². The molecule has 0 radical (unpaired) electrons. The summed E-state index contributed by atoms with van der Waals surface area (Å²) >= 11 is 3.00. The normalized spacial score (nSPS) is 12.3. The van der Waals surface area contributed by atoms with Crippen molar-refractivity contribution in [2.75, 3.05) is 0 Å². The molecule has 0 aromatic rings. The molecule has 3 nitrogen and oxygen atoms in total. The van der Waals surface area contributed by atoms with E-state index in [1.54, 1.807) is 0 Å². The van der Waals surface area contributed by atoms with Crippen LogP contribution in [0.4, 0.5) is 0 Å². The van der Waals surface area contributed by atoms with E-state index in [9.17, 15) is 4.57 Å². The maximum atomic E-state index is 9.25. The fourth-order valence-corrected chi connectivity index (χ4v) is 0. The van der Waals surface area contributed by atoms with E-state index in [-0.39, 0.29) is 37.7 Å². The molecule has 0 fully saturated rings. The molecule has 0 saturated heterocycles. The van der Waals surface area contributed by atoms with Gasteiger partial charge in [0.05, 0.1) is 0 Å². The Bertz CT molecular complexity index is 46.1. The van der Waals surface area contributed by atoms with Crippen molar-refractivity contribution >= 4 is 58.9 Å². The Balaban J connectivity index is 0. The first-order chi connectivity index (χ1) is 2.27. The molecule has 6 heavy (non-hydrogen) atoms. The molecule has 1 atom stereocenters. The molecule has 36 valence electrons. The van der Waals surface area contributed by atoms with Crippen molar-refractivity contribution in [3.05, 3.63) is 0 Å². The van der Waals surface area contributed by atoms with Gasteiger partial charge >= 0.3 is 46.0 Å². The van der Waals surface area contributed by atoms with Crippen molar-refractivity contribution in [1.29, 1.82) is 0 Å². The van der Waals surface area contributed by atoms with Crippen LogP contribution in [0.25, 0.3) is 0 Å². The van der Waals surface area contributed by atoms with Gasteiger partial charge in [0.1, 0.15) is 0 Å². The van der Waals surface area contributed by atoms with E-state index < -0.39 is 8.25 Å². The van der Waals surface area contributed by atoms with Crippen LogP contribution in [-0.4, -0.2) is 42.6 Å². The summed E-state index contributed by atoms with van der Waals surface area (Å²) in [6, 6.07) is 0. The topological polar surface area (TPSA) is 46.5 Å². The molecule has 0 aliphatic carbocycles.